The van der Waals surface area contributed by atoms with Crippen LogP contribution in [0.1, 0.15) is 70.6 Å². The van der Waals surface area contributed by atoms with Crippen LogP contribution in [0.3, 0.4) is 0 Å². The van der Waals surface area contributed by atoms with E-state index in [2.05, 4.69) is 0 Å². The van der Waals surface area contributed by atoms with Crippen molar-refractivity contribution in [1.29, 1.82) is 0 Å². The fraction of sp³-hybridized carbons (Fsp3) is 1.00. The molecule has 0 bridgehead atoms. The smallest absolute Gasteiger partial charge is 0.0949 e. The quantitative estimate of drug-likeness (QED) is 0.694. The molecular formula is C16H31NO2. The van der Waals surface area contributed by atoms with Crippen molar-refractivity contribution in [2.24, 2.45) is 17.6 Å². The van der Waals surface area contributed by atoms with Gasteiger partial charge in [-0.3, -0.25) is 0 Å². The summed E-state index contributed by atoms with van der Waals surface area (Å²) in [4.78, 5) is 0. The summed E-state index contributed by atoms with van der Waals surface area (Å²) in [6, 6.07) is -0.250. The Morgan fingerprint density at radius 2 is 1.26 bits per heavy atom. The molecule has 4 N–H and O–H groups in total. The Balaban J connectivity index is 1.71. The predicted octanol–water partition coefficient (Wildman–Crippen LogP) is 2.59. The lowest BCUT2D eigenvalue weighted by atomic mass is 9.82. The maximum atomic E-state index is 10.2. The Morgan fingerprint density at radius 3 is 1.84 bits per heavy atom. The normalized spacial score (nSPS) is 27.3. The highest BCUT2D eigenvalue weighted by Gasteiger charge is 2.29. The highest BCUT2D eigenvalue weighted by atomic mass is 16.3. The van der Waals surface area contributed by atoms with Gasteiger partial charge in [0.1, 0.15) is 0 Å². The summed E-state index contributed by atoms with van der Waals surface area (Å²) in [6.07, 6.45) is 11.7. The Labute approximate surface area is 117 Å². The molecular weight excluding hydrogens is 238 g/mol. The van der Waals surface area contributed by atoms with Crippen molar-refractivity contribution < 1.29 is 10.2 Å². The van der Waals surface area contributed by atoms with E-state index in [0.29, 0.717) is 11.8 Å². The Hall–Kier alpha value is -0.120. The largest absolute Gasteiger partial charge is 0.390 e. The van der Waals surface area contributed by atoms with Crippen LogP contribution in [0.2, 0.25) is 0 Å². The van der Waals surface area contributed by atoms with Gasteiger partial charge in [0.05, 0.1) is 12.2 Å². The number of rotatable bonds is 6. The van der Waals surface area contributed by atoms with Crippen LogP contribution in [-0.2, 0) is 0 Å². The van der Waals surface area contributed by atoms with E-state index in [0.717, 1.165) is 12.8 Å². The molecule has 0 heterocycles. The minimum atomic E-state index is -0.734. The van der Waals surface area contributed by atoms with E-state index in [1.54, 1.807) is 0 Å². The molecule has 0 amide bonds. The average molecular weight is 269 g/mol. The molecule has 3 atom stereocenters. The maximum Gasteiger partial charge on any atom is 0.0949 e. The van der Waals surface area contributed by atoms with Crippen LogP contribution < -0.4 is 5.73 Å². The van der Waals surface area contributed by atoms with Crippen LogP contribution in [0.25, 0.3) is 0 Å². The van der Waals surface area contributed by atoms with Gasteiger partial charge in [0, 0.05) is 6.04 Å². The second kappa shape index (κ2) is 7.61. The Bertz CT molecular complexity index is 247. The molecule has 2 fully saturated rings. The van der Waals surface area contributed by atoms with Crippen molar-refractivity contribution in [3.63, 3.8) is 0 Å². The van der Waals surface area contributed by atoms with Gasteiger partial charge in [-0.25, -0.2) is 0 Å². The van der Waals surface area contributed by atoms with Crippen LogP contribution in [0.4, 0.5) is 0 Å². The second-order valence-electron chi connectivity index (χ2n) is 6.85. The molecule has 0 aromatic carbocycles. The molecule has 0 radical (unpaired) electrons. The van der Waals surface area contributed by atoms with Gasteiger partial charge in [0.2, 0.25) is 0 Å². The molecule has 0 aromatic heterocycles. The minimum Gasteiger partial charge on any atom is -0.390 e. The Kier molecular flexibility index (Phi) is 6.11. The first-order valence-corrected chi connectivity index (χ1v) is 8.28. The lowest BCUT2D eigenvalue weighted by molar-refractivity contribution is -0.0135. The second-order valence-corrected chi connectivity index (χ2v) is 6.85. The van der Waals surface area contributed by atoms with Gasteiger partial charge in [-0.05, 0) is 24.7 Å². The van der Waals surface area contributed by atoms with E-state index in [-0.39, 0.29) is 6.04 Å². The molecule has 0 aromatic rings. The van der Waals surface area contributed by atoms with Gasteiger partial charge >= 0.3 is 0 Å². The van der Waals surface area contributed by atoms with Crippen molar-refractivity contribution in [1.82, 2.24) is 0 Å². The zero-order chi connectivity index (χ0) is 13.7. The van der Waals surface area contributed by atoms with E-state index in [1.165, 1.54) is 57.8 Å². The van der Waals surface area contributed by atoms with E-state index in [4.69, 9.17) is 5.73 Å². The van der Waals surface area contributed by atoms with Gasteiger partial charge in [0.25, 0.3) is 0 Å². The summed E-state index contributed by atoms with van der Waals surface area (Å²) in [6.45, 7) is 0. The number of hydrogen-bond donors (Lipinski definition) is 3. The molecule has 0 spiro atoms. The van der Waals surface area contributed by atoms with Gasteiger partial charge in [-0.1, -0.05) is 57.8 Å². The van der Waals surface area contributed by atoms with Crippen molar-refractivity contribution >= 4 is 0 Å². The molecule has 3 nitrogen and oxygen atoms in total. The fourth-order valence-corrected chi connectivity index (χ4v) is 3.96. The summed E-state index contributed by atoms with van der Waals surface area (Å²) < 4.78 is 0. The molecule has 19 heavy (non-hydrogen) atoms. The lowest BCUT2D eigenvalue weighted by Crippen LogP contribution is -2.44. The Morgan fingerprint density at radius 1 is 0.789 bits per heavy atom. The molecule has 112 valence electrons. The monoisotopic (exact) mass is 269 g/mol. The molecule has 3 heteroatoms. The first-order chi connectivity index (χ1) is 9.16. The van der Waals surface area contributed by atoms with Crippen LogP contribution in [0.5, 0.6) is 0 Å². The van der Waals surface area contributed by atoms with E-state index in [9.17, 15) is 10.2 Å². The summed E-state index contributed by atoms with van der Waals surface area (Å²) in [5.41, 5.74) is 6.11. The van der Waals surface area contributed by atoms with E-state index < -0.39 is 12.2 Å². The van der Waals surface area contributed by atoms with Crippen LogP contribution >= 0.6 is 0 Å². The fourth-order valence-electron chi connectivity index (χ4n) is 3.96. The third-order valence-corrected chi connectivity index (χ3v) is 5.21. The lowest BCUT2D eigenvalue weighted by Gasteiger charge is -2.30. The van der Waals surface area contributed by atoms with Crippen LogP contribution in [0.15, 0.2) is 0 Å². The van der Waals surface area contributed by atoms with Gasteiger partial charge in [-0.2, -0.15) is 0 Å². The number of nitrogens with two attached hydrogens (primary N) is 1. The molecule has 2 aliphatic rings. The minimum absolute atomic E-state index is 0.250. The van der Waals surface area contributed by atoms with Gasteiger partial charge in [0.15, 0.2) is 0 Å². The first kappa shape index (κ1) is 15.3. The topological polar surface area (TPSA) is 66.5 Å². The van der Waals surface area contributed by atoms with Gasteiger partial charge in [-0.15, -0.1) is 0 Å². The third-order valence-electron chi connectivity index (χ3n) is 5.21. The van der Waals surface area contributed by atoms with Crippen LogP contribution in [-0.4, -0.2) is 28.5 Å². The summed E-state index contributed by atoms with van der Waals surface area (Å²) in [5.74, 6) is 1.27. The number of aliphatic hydroxyl groups is 2. The highest BCUT2D eigenvalue weighted by molar-refractivity contribution is 4.84. The maximum absolute atomic E-state index is 10.2. The number of hydrogen-bond acceptors (Lipinski definition) is 3. The number of aliphatic hydroxyl groups excluding tert-OH is 2. The van der Waals surface area contributed by atoms with Crippen molar-refractivity contribution in [2.75, 3.05) is 0 Å². The highest BCUT2D eigenvalue weighted by Crippen LogP contribution is 2.31. The average Bonchev–Trinajstić information content (AvgIpc) is 2.91. The molecule has 2 saturated carbocycles. The molecule has 0 unspecified atom stereocenters. The summed E-state index contributed by atoms with van der Waals surface area (Å²) in [7, 11) is 0. The van der Waals surface area contributed by atoms with Crippen LogP contribution in [0, 0.1) is 11.8 Å². The SMILES string of the molecule is N[C@@H](CC1CCCCC1)[C@@H](O)[C@@H](O)CC1CCCC1. The zero-order valence-electron chi connectivity index (χ0n) is 12.1. The third kappa shape index (κ3) is 4.73. The first-order valence-electron chi connectivity index (χ1n) is 8.28. The molecule has 2 rings (SSSR count). The van der Waals surface area contributed by atoms with Crippen molar-refractivity contribution in [3.8, 4) is 0 Å². The van der Waals surface area contributed by atoms with Gasteiger partial charge < -0.3 is 15.9 Å². The summed E-state index contributed by atoms with van der Waals surface area (Å²) >= 11 is 0. The summed E-state index contributed by atoms with van der Waals surface area (Å²) in [5, 5.41) is 20.4. The van der Waals surface area contributed by atoms with E-state index in [1.807, 2.05) is 0 Å². The molecule has 0 saturated heterocycles. The molecule has 2 aliphatic carbocycles. The molecule has 0 aliphatic heterocycles. The van der Waals surface area contributed by atoms with E-state index >= 15 is 0 Å². The van der Waals surface area contributed by atoms with Crippen molar-refractivity contribution in [2.45, 2.75) is 88.9 Å². The predicted molar refractivity (Wildman–Crippen MR) is 77.8 cm³/mol. The standard InChI is InChI=1S/C16H31NO2/c17-14(10-12-6-2-1-3-7-12)16(19)15(18)11-13-8-4-5-9-13/h12-16,18-19H,1-11,17H2/t14-,15-,16+/m0/s1. The van der Waals surface area contributed by atoms with Crippen molar-refractivity contribution in [3.05, 3.63) is 0 Å². The zero-order valence-corrected chi connectivity index (χ0v) is 12.1.